The number of hydrogen-bond acceptors (Lipinski definition) is 2. The van der Waals surface area contributed by atoms with Crippen LogP contribution in [0.15, 0.2) is 12.4 Å². The van der Waals surface area contributed by atoms with E-state index in [2.05, 4.69) is 9.97 Å². The average Bonchev–Trinajstić information content (AvgIpc) is 2.48. The van der Waals surface area contributed by atoms with Gasteiger partial charge < -0.3 is 10.7 Å². The van der Waals surface area contributed by atoms with Gasteiger partial charge in [0.25, 0.3) is 0 Å². The Bertz CT molecular complexity index is 435. The summed E-state index contributed by atoms with van der Waals surface area (Å²) < 4.78 is 25.7. The lowest BCUT2D eigenvalue weighted by Gasteiger charge is -1.97. The number of aromatic nitrogens is 2. The van der Waals surface area contributed by atoms with Gasteiger partial charge in [0.2, 0.25) is 0 Å². The fourth-order valence-corrected chi connectivity index (χ4v) is 1.06. The Morgan fingerprint density at radius 1 is 1.33 bits per heavy atom. The van der Waals surface area contributed by atoms with Crippen LogP contribution in [0.5, 0.6) is 0 Å². The number of anilines is 1. The molecule has 62 valence electrons. The first kappa shape index (κ1) is 7.02. The Balaban J connectivity index is 2.97. The Labute approximate surface area is 66.2 Å². The van der Waals surface area contributed by atoms with Crippen LogP contribution in [0, 0.1) is 11.6 Å². The van der Waals surface area contributed by atoms with Crippen LogP contribution in [0.1, 0.15) is 0 Å². The molecule has 0 fully saturated rings. The molecule has 0 bridgehead atoms. The van der Waals surface area contributed by atoms with Crippen molar-refractivity contribution in [2.75, 3.05) is 5.73 Å². The number of aromatic amines is 1. The zero-order valence-electron chi connectivity index (χ0n) is 5.94. The smallest absolute Gasteiger partial charge is 0.154 e. The molecule has 0 atom stereocenters. The number of imidazole rings is 1. The van der Waals surface area contributed by atoms with Crippen LogP contribution in [0.4, 0.5) is 14.5 Å². The highest BCUT2D eigenvalue weighted by Gasteiger charge is 2.10. The summed E-state index contributed by atoms with van der Waals surface area (Å²) in [6, 6.07) is 0.721. The minimum absolute atomic E-state index is 0.0638. The lowest BCUT2D eigenvalue weighted by molar-refractivity contribution is 0.593. The molecule has 0 aliphatic rings. The van der Waals surface area contributed by atoms with E-state index in [1.54, 1.807) is 0 Å². The van der Waals surface area contributed by atoms with Crippen molar-refractivity contribution >= 4 is 16.7 Å². The number of halogens is 2. The predicted octanol–water partition coefficient (Wildman–Crippen LogP) is 1.42. The van der Waals surface area contributed by atoms with Crippen LogP contribution in [-0.2, 0) is 0 Å². The van der Waals surface area contributed by atoms with Crippen LogP contribution in [0.3, 0.4) is 0 Å². The maximum Gasteiger partial charge on any atom is 0.154 e. The quantitative estimate of drug-likeness (QED) is 0.586. The molecule has 1 aromatic heterocycles. The van der Waals surface area contributed by atoms with E-state index >= 15 is 0 Å². The number of nitrogens with one attached hydrogen (secondary N) is 1. The van der Waals surface area contributed by atoms with Gasteiger partial charge in [-0.3, -0.25) is 0 Å². The Morgan fingerprint density at radius 3 is 2.83 bits per heavy atom. The second-order valence-electron chi connectivity index (χ2n) is 2.38. The van der Waals surface area contributed by atoms with Crippen molar-refractivity contribution in [3.63, 3.8) is 0 Å². The number of nitrogens with two attached hydrogens (primary N) is 1. The molecule has 0 unspecified atom stereocenters. The SMILES string of the molecule is Nc1c(F)cc(F)c2nc[nH]c12. The number of hydrogen-bond donors (Lipinski definition) is 2. The van der Waals surface area contributed by atoms with Gasteiger partial charge in [0, 0.05) is 6.07 Å². The normalized spacial score (nSPS) is 10.8. The molecule has 2 aromatic rings. The van der Waals surface area contributed by atoms with Crippen LogP contribution < -0.4 is 5.73 Å². The summed E-state index contributed by atoms with van der Waals surface area (Å²) in [7, 11) is 0. The Morgan fingerprint density at radius 2 is 2.08 bits per heavy atom. The fraction of sp³-hybridized carbons (Fsp3) is 0. The molecule has 0 aliphatic heterocycles. The van der Waals surface area contributed by atoms with E-state index in [1.165, 1.54) is 6.33 Å². The van der Waals surface area contributed by atoms with E-state index in [0.717, 1.165) is 6.07 Å². The fourth-order valence-electron chi connectivity index (χ4n) is 1.06. The first-order valence-corrected chi connectivity index (χ1v) is 3.26. The van der Waals surface area contributed by atoms with Crippen LogP contribution in [0.25, 0.3) is 11.0 Å². The number of rotatable bonds is 0. The lowest BCUT2D eigenvalue weighted by atomic mass is 10.2. The summed E-state index contributed by atoms with van der Waals surface area (Å²) in [6.07, 6.45) is 1.27. The summed E-state index contributed by atoms with van der Waals surface area (Å²) in [5.41, 5.74) is 5.48. The monoisotopic (exact) mass is 169 g/mol. The molecule has 0 saturated carbocycles. The zero-order valence-corrected chi connectivity index (χ0v) is 5.94. The minimum Gasteiger partial charge on any atom is -0.395 e. The maximum absolute atomic E-state index is 12.9. The average molecular weight is 169 g/mol. The van der Waals surface area contributed by atoms with Crippen molar-refractivity contribution in [2.45, 2.75) is 0 Å². The highest BCUT2D eigenvalue weighted by Crippen LogP contribution is 2.22. The molecule has 12 heavy (non-hydrogen) atoms. The molecule has 0 spiro atoms. The summed E-state index contributed by atoms with van der Waals surface area (Å²) in [5.74, 6) is -1.48. The van der Waals surface area contributed by atoms with E-state index in [4.69, 9.17) is 5.73 Å². The highest BCUT2D eigenvalue weighted by molar-refractivity contribution is 5.87. The predicted molar refractivity (Wildman–Crippen MR) is 40.4 cm³/mol. The van der Waals surface area contributed by atoms with Gasteiger partial charge in [0.05, 0.1) is 17.5 Å². The van der Waals surface area contributed by atoms with Crippen molar-refractivity contribution < 1.29 is 8.78 Å². The van der Waals surface area contributed by atoms with Gasteiger partial charge in [0.15, 0.2) is 11.6 Å². The number of fused-ring (bicyclic) bond motifs is 1. The van der Waals surface area contributed by atoms with E-state index in [1.807, 2.05) is 0 Å². The molecule has 0 amide bonds. The lowest BCUT2D eigenvalue weighted by Crippen LogP contribution is -1.93. The molecular formula is C7H5F2N3. The van der Waals surface area contributed by atoms with Crippen LogP contribution in [0.2, 0.25) is 0 Å². The molecule has 0 radical (unpaired) electrons. The van der Waals surface area contributed by atoms with E-state index in [0.29, 0.717) is 0 Å². The van der Waals surface area contributed by atoms with Gasteiger partial charge in [-0.05, 0) is 0 Å². The van der Waals surface area contributed by atoms with Crippen molar-refractivity contribution in [1.29, 1.82) is 0 Å². The maximum atomic E-state index is 12.9. The van der Waals surface area contributed by atoms with Gasteiger partial charge in [0.1, 0.15) is 5.52 Å². The number of H-pyrrole nitrogens is 1. The molecule has 1 heterocycles. The third-order valence-corrected chi connectivity index (χ3v) is 1.65. The standard InChI is InChI=1S/C7H5F2N3/c8-3-1-4(9)6-7(5(3)10)12-2-11-6/h1-2H,10H2,(H,11,12). The molecule has 0 aliphatic carbocycles. The van der Waals surface area contributed by atoms with Crippen molar-refractivity contribution in [2.24, 2.45) is 0 Å². The van der Waals surface area contributed by atoms with E-state index < -0.39 is 11.6 Å². The van der Waals surface area contributed by atoms with Crippen molar-refractivity contribution in [3.05, 3.63) is 24.0 Å². The van der Waals surface area contributed by atoms with E-state index in [9.17, 15) is 8.78 Å². The van der Waals surface area contributed by atoms with Crippen molar-refractivity contribution in [1.82, 2.24) is 9.97 Å². The van der Waals surface area contributed by atoms with Gasteiger partial charge in [-0.15, -0.1) is 0 Å². The molecule has 5 heteroatoms. The molecule has 3 N–H and O–H groups in total. The number of nitrogens with zero attached hydrogens (tertiary/aromatic N) is 1. The van der Waals surface area contributed by atoms with Gasteiger partial charge >= 0.3 is 0 Å². The Hall–Kier alpha value is -1.65. The van der Waals surface area contributed by atoms with Gasteiger partial charge in [-0.2, -0.15) is 0 Å². The summed E-state index contributed by atoms with van der Waals surface area (Å²) >= 11 is 0. The minimum atomic E-state index is -0.774. The van der Waals surface area contributed by atoms with Gasteiger partial charge in [-0.1, -0.05) is 0 Å². The molecule has 1 aromatic carbocycles. The van der Waals surface area contributed by atoms with Gasteiger partial charge in [-0.25, -0.2) is 13.8 Å². The number of nitrogen functional groups attached to an aromatic ring is 1. The summed E-state index contributed by atoms with van der Waals surface area (Å²) in [4.78, 5) is 6.20. The van der Waals surface area contributed by atoms with Crippen LogP contribution >= 0.6 is 0 Å². The van der Waals surface area contributed by atoms with E-state index in [-0.39, 0.29) is 16.7 Å². The first-order chi connectivity index (χ1) is 5.70. The highest BCUT2D eigenvalue weighted by atomic mass is 19.1. The second kappa shape index (κ2) is 2.17. The molecule has 2 rings (SSSR count). The number of benzene rings is 1. The topological polar surface area (TPSA) is 54.7 Å². The second-order valence-corrected chi connectivity index (χ2v) is 2.38. The van der Waals surface area contributed by atoms with Crippen molar-refractivity contribution in [3.8, 4) is 0 Å². The first-order valence-electron chi connectivity index (χ1n) is 3.26. The Kier molecular flexibility index (Phi) is 1.27. The zero-order chi connectivity index (χ0) is 8.72. The molecule has 3 nitrogen and oxygen atoms in total. The third-order valence-electron chi connectivity index (χ3n) is 1.65. The molecule has 0 saturated heterocycles. The largest absolute Gasteiger partial charge is 0.395 e. The summed E-state index contributed by atoms with van der Waals surface area (Å²) in [6.45, 7) is 0. The summed E-state index contributed by atoms with van der Waals surface area (Å²) in [5, 5.41) is 0. The molecular weight excluding hydrogens is 164 g/mol. The third kappa shape index (κ3) is 0.761. The van der Waals surface area contributed by atoms with Crippen LogP contribution in [-0.4, -0.2) is 9.97 Å².